The van der Waals surface area contributed by atoms with E-state index in [1.165, 1.54) is 36.4 Å². The quantitative estimate of drug-likeness (QED) is 0.535. The Balaban J connectivity index is 1.76. The van der Waals surface area contributed by atoms with Gasteiger partial charge in [-0.2, -0.15) is 17.9 Å². The van der Waals surface area contributed by atoms with Crippen molar-refractivity contribution < 1.29 is 21.2 Å². The summed E-state index contributed by atoms with van der Waals surface area (Å²) in [5.41, 5.74) is 1.55. The summed E-state index contributed by atoms with van der Waals surface area (Å²) >= 11 is 5.99. The number of nitrogens with zero attached hydrogens (tertiary/aromatic N) is 2. The van der Waals surface area contributed by atoms with E-state index in [9.17, 15) is 21.2 Å². The molecule has 0 saturated heterocycles. The topological polar surface area (TPSA) is 95.9 Å². The summed E-state index contributed by atoms with van der Waals surface area (Å²) < 4.78 is 67.7. The van der Waals surface area contributed by atoms with E-state index in [1.807, 2.05) is 0 Å². The van der Waals surface area contributed by atoms with Crippen LogP contribution in [0.5, 0.6) is 0 Å². The Morgan fingerprint density at radius 1 is 1.00 bits per heavy atom. The zero-order chi connectivity index (χ0) is 23.8. The first-order valence-electron chi connectivity index (χ1n) is 9.75. The number of sulfonamides is 2. The number of hydrogen-bond acceptors (Lipinski definition) is 5. The van der Waals surface area contributed by atoms with E-state index in [-0.39, 0.29) is 21.9 Å². The van der Waals surface area contributed by atoms with E-state index in [1.54, 1.807) is 36.4 Å². The van der Waals surface area contributed by atoms with Gasteiger partial charge in [-0.05, 0) is 42.0 Å². The van der Waals surface area contributed by atoms with Crippen LogP contribution in [0.15, 0.2) is 82.8 Å². The van der Waals surface area contributed by atoms with E-state index in [4.69, 9.17) is 11.6 Å². The van der Waals surface area contributed by atoms with Crippen molar-refractivity contribution in [2.24, 2.45) is 5.10 Å². The Bertz CT molecular complexity index is 1440. The Hall–Kier alpha value is -2.95. The summed E-state index contributed by atoms with van der Waals surface area (Å²) in [6, 6.07) is 17.2. The van der Waals surface area contributed by atoms with Crippen LogP contribution in [0.2, 0.25) is 5.02 Å². The number of anilines is 1. The summed E-state index contributed by atoms with van der Waals surface area (Å²) in [6.07, 6.45) is 1.17. The molecule has 0 unspecified atom stereocenters. The van der Waals surface area contributed by atoms with Gasteiger partial charge in [-0.1, -0.05) is 48.0 Å². The molecule has 4 rings (SSSR count). The summed E-state index contributed by atoms with van der Waals surface area (Å²) in [7, 11) is -7.59. The van der Waals surface area contributed by atoms with Gasteiger partial charge in [-0.25, -0.2) is 12.8 Å². The fourth-order valence-electron chi connectivity index (χ4n) is 3.54. The zero-order valence-electron chi connectivity index (χ0n) is 17.3. The second-order valence-electron chi connectivity index (χ2n) is 7.47. The average molecular weight is 508 g/mol. The molecule has 172 valence electrons. The van der Waals surface area contributed by atoms with Crippen LogP contribution in [0.25, 0.3) is 0 Å². The SMILES string of the molecule is CS(=O)(=O)Nc1ccc(C2=NN(S(=O)(=O)c3cccc(Cl)c3)[C@@H](c3ccccc3F)C2)cc1. The van der Waals surface area contributed by atoms with Crippen molar-refractivity contribution in [3.8, 4) is 0 Å². The first kappa shape index (κ1) is 23.2. The molecule has 0 aliphatic carbocycles. The van der Waals surface area contributed by atoms with Crippen LogP contribution < -0.4 is 4.72 Å². The predicted molar refractivity (Wildman–Crippen MR) is 126 cm³/mol. The lowest BCUT2D eigenvalue weighted by Crippen LogP contribution is -2.28. The Labute approximate surface area is 196 Å². The standard InChI is InChI=1S/C22H19ClFN3O4S2/c1-32(28,29)26-17-11-9-15(10-12-17)21-14-22(19-7-2-3-8-20(19)24)27(25-21)33(30,31)18-6-4-5-16(23)13-18/h2-13,22,26H,14H2,1H3/t22-/m1/s1. The molecule has 33 heavy (non-hydrogen) atoms. The summed E-state index contributed by atoms with van der Waals surface area (Å²) in [5, 5.41) is 4.60. The van der Waals surface area contributed by atoms with Gasteiger partial charge < -0.3 is 0 Å². The second-order valence-corrected chi connectivity index (χ2v) is 11.5. The van der Waals surface area contributed by atoms with Gasteiger partial charge in [-0.3, -0.25) is 4.72 Å². The molecule has 1 N–H and O–H groups in total. The van der Waals surface area contributed by atoms with Crippen LogP contribution in [-0.2, 0) is 20.0 Å². The summed E-state index contributed by atoms with van der Waals surface area (Å²) in [6.45, 7) is 0. The molecule has 0 aromatic heterocycles. The highest BCUT2D eigenvalue weighted by atomic mass is 35.5. The fourth-order valence-corrected chi connectivity index (χ4v) is 5.83. The number of nitrogens with one attached hydrogen (secondary N) is 1. The van der Waals surface area contributed by atoms with Crippen molar-refractivity contribution in [3.63, 3.8) is 0 Å². The van der Waals surface area contributed by atoms with E-state index in [0.717, 1.165) is 10.7 Å². The maximum atomic E-state index is 14.7. The minimum absolute atomic E-state index is 0.0611. The van der Waals surface area contributed by atoms with Crippen LogP contribution in [0.1, 0.15) is 23.6 Å². The van der Waals surface area contributed by atoms with Crippen LogP contribution in [0.3, 0.4) is 0 Å². The molecule has 1 aliphatic heterocycles. The molecule has 3 aromatic carbocycles. The molecule has 7 nitrogen and oxygen atoms in total. The van der Waals surface area contributed by atoms with Gasteiger partial charge in [0.2, 0.25) is 10.0 Å². The minimum atomic E-state index is -4.15. The van der Waals surface area contributed by atoms with Crippen molar-refractivity contribution in [3.05, 3.63) is 94.8 Å². The molecule has 1 aliphatic rings. The molecule has 1 atom stereocenters. The van der Waals surface area contributed by atoms with Gasteiger partial charge in [0.05, 0.1) is 22.9 Å². The van der Waals surface area contributed by atoms with Gasteiger partial charge in [0.1, 0.15) is 5.82 Å². The van der Waals surface area contributed by atoms with E-state index >= 15 is 0 Å². The van der Waals surface area contributed by atoms with Crippen LogP contribution in [0.4, 0.5) is 10.1 Å². The molecular weight excluding hydrogens is 489 g/mol. The van der Waals surface area contributed by atoms with Crippen molar-refractivity contribution in [1.29, 1.82) is 0 Å². The summed E-state index contributed by atoms with van der Waals surface area (Å²) in [4.78, 5) is -0.0611. The number of hydrazone groups is 1. The molecule has 0 radical (unpaired) electrons. The molecule has 0 spiro atoms. The average Bonchev–Trinajstić information content (AvgIpc) is 3.19. The molecular formula is C22H19ClFN3O4S2. The van der Waals surface area contributed by atoms with Gasteiger partial charge in [0.25, 0.3) is 10.0 Å². The lowest BCUT2D eigenvalue weighted by molar-refractivity contribution is 0.362. The third-order valence-corrected chi connectivity index (χ3v) is 7.52. The Kier molecular flexibility index (Phi) is 6.17. The van der Waals surface area contributed by atoms with E-state index < -0.39 is 31.9 Å². The van der Waals surface area contributed by atoms with Crippen LogP contribution >= 0.6 is 11.6 Å². The van der Waals surface area contributed by atoms with Crippen LogP contribution in [0, 0.1) is 5.82 Å². The monoisotopic (exact) mass is 507 g/mol. The lowest BCUT2D eigenvalue weighted by Gasteiger charge is -2.23. The normalized spacial score (nSPS) is 16.5. The first-order valence-corrected chi connectivity index (χ1v) is 13.5. The minimum Gasteiger partial charge on any atom is -0.284 e. The Morgan fingerprint density at radius 3 is 2.33 bits per heavy atom. The molecule has 0 saturated carbocycles. The van der Waals surface area contributed by atoms with Gasteiger partial charge >= 0.3 is 0 Å². The van der Waals surface area contributed by atoms with Crippen molar-refractivity contribution >= 4 is 43.0 Å². The maximum Gasteiger partial charge on any atom is 0.279 e. The van der Waals surface area contributed by atoms with Gasteiger partial charge in [0, 0.05) is 22.7 Å². The molecule has 11 heteroatoms. The third-order valence-electron chi connectivity index (χ3n) is 5.00. The van der Waals surface area contributed by atoms with E-state index in [0.29, 0.717) is 17.0 Å². The zero-order valence-corrected chi connectivity index (χ0v) is 19.7. The third kappa shape index (κ3) is 5.02. The number of hydrogen-bond donors (Lipinski definition) is 1. The van der Waals surface area contributed by atoms with Crippen molar-refractivity contribution in [1.82, 2.24) is 4.41 Å². The molecule has 1 heterocycles. The first-order chi connectivity index (χ1) is 15.5. The van der Waals surface area contributed by atoms with Crippen LogP contribution in [-0.4, -0.2) is 33.2 Å². The number of benzene rings is 3. The number of rotatable bonds is 6. The van der Waals surface area contributed by atoms with Gasteiger partial charge in [0.15, 0.2) is 0 Å². The summed E-state index contributed by atoms with van der Waals surface area (Å²) in [5.74, 6) is -0.544. The molecule has 3 aromatic rings. The second kappa shape index (κ2) is 8.77. The predicted octanol–water partition coefficient (Wildman–Crippen LogP) is 4.39. The number of halogens is 2. The molecule has 0 bridgehead atoms. The highest BCUT2D eigenvalue weighted by Gasteiger charge is 2.39. The fraction of sp³-hybridized carbons (Fsp3) is 0.136. The van der Waals surface area contributed by atoms with Gasteiger partial charge in [-0.15, -0.1) is 0 Å². The highest BCUT2D eigenvalue weighted by molar-refractivity contribution is 7.92. The maximum absolute atomic E-state index is 14.7. The lowest BCUT2D eigenvalue weighted by atomic mass is 9.99. The largest absolute Gasteiger partial charge is 0.284 e. The highest BCUT2D eigenvalue weighted by Crippen LogP contribution is 2.38. The van der Waals surface area contributed by atoms with Crippen molar-refractivity contribution in [2.75, 3.05) is 11.0 Å². The van der Waals surface area contributed by atoms with E-state index in [2.05, 4.69) is 9.82 Å². The Morgan fingerprint density at radius 2 is 1.70 bits per heavy atom. The smallest absolute Gasteiger partial charge is 0.279 e. The molecule has 0 fully saturated rings. The molecule has 0 amide bonds. The van der Waals surface area contributed by atoms with Crippen molar-refractivity contribution in [2.45, 2.75) is 17.4 Å².